The van der Waals surface area contributed by atoms with Gasteiger partial charge in [0, 0.05) is 0 Å². The van der Waals surface area contributed by atoms with Crippen LogP contribution in [0.4, 0.5) is 74.6 Å². The molecule has 0 N–H and O–H groups in total. The van der Waals surface area contributed by atoms with E-state index in [9.17, 15) is 74.6 Å². The Balaban J connectivity index is 6.76. The highest BCUT2D eigenvalue weighted by Crippen LogP contribution is 2.64. The molecule has 0 spiro atoms. The van der Waals surface area contributed by atoms with Crippen LogP contribution in [0.3, 0.4) is 0 Å². The minimum Gasteiger partial charge on any atom is -0.241 e. The molecule has 0 saturated carbocycles. The fourth-order valence-corrected chi connectivity index (χ4v) is 2.45. The molecule has 0 aromatic carbocycles. The van der Waals surface area contributed by atoms with Crippen LogP contribution in [0.15, 0.2) is 0 Å². The van der Waals surface area contributed by atoms with E-state index in [0.29, 0.717) is 0 Å². The number of hydrogen-bond donors (Lipinski definition) is 0. The molecule has 176 valence electrons. The normalized spacial score (nSPS) is 17.9. The Kier molecular flexibility index (Phi) is 7.01. The second-order valence-corrected chi connectivity index (χ2v) is 7.48. The fourth-order valence-electron chi connectivity index (χ4n) is 1.56. The number of alkyl halides is 17. The molecule has 0 aliphatic rings. The first-order valence-electron chi connectivity index (χ1n) is 6.48. The molecule has 0 aromatic rings. The van der Waals surface area contributed by atoms with E-state index < -0.39 is 68.9 Å². The van der Waals surface area contributed by atoms with Gasteiger partial charge in [-0.05, 0) is 6.92 Å². The highest BCUT2D eigenvalue weighted by atomic mass is 35.6. The lowest BCUT2D eigenvalue weighted by Gasteiger charge is -2.43. The Labute approximate surface area is 155 Å². The third-order valence-corrected chi connectivity index (χ3v) is 5.30. The molecular formula is C10H6ClF17Si. The van der Waals surface area contributed by atoms with Gasteiger partial charge in [0.1, 0.15) is 0 Å². The summed E-state index contributed by atoms with van der Waals surface area (Å²) in [4.78, 5) is 0. The summed E-state index contributed by atoms with van der Waals surface area (Å²) >= 11 is 4.24. The maximum absolute atomic E-state index is 13.3. The maximum atomic E-state index is 13.3. The van der Waals surface area contributed by atoms with Gasteiger partial charge in [0.25, 0.3) is 0 Å². The monoisotopic (exact) mass is 512 g/mol. The summed E-state index contributed by atoms with van der Waals surface area (Å²) in [6.45, 7) is -0.644. The predicted octanol–water partition coefficient (Wildman–Crippen LogP) is 5.71. The molecule has 0 rings (SSSR count). The molecule has 19 heteroatoms. The van der Waals surface area contributed by atoms with Gasteiger partial charge in [-0.25, -0.2) is 13.2 Å². The minimum atomic E-state index is -8.53. The Morgan fingerprint density at radius 2 is 0.759 bits per heavy atom. The maximum Gasteiger partial charge on any atom is 0.385 e. The molecule has 0 aliphatic heterocycles. The molecule has 0 nitrogen and oxygen atoms in total. The summed E-state index contributed by atoms with van der Waals surface area (Å²) in [7, 11) is -4.31. The molecule has 0 bridgehead atoms. The number of hydrogen-bond acceptors (Lipinski definition) is 0. The summed E-state index contributed by atoms with van der Waals surface area (Å²) < 4.78 is 222. The van der Waals surface area contributed by atoms with Crippen LogP contribution in [0.2, 0.25) is 0 Å². The largest absolute Gasteiger partial charge is 0.385 e. The fraction of sp³-hybridized carbons (Fsp3) is 1.00. The Bertz CT molecular complexity index is 597. The van der Waals surface area contributed by atoms with E-state index in [1.165, 1.54) is 0 Å². The van der Waals surface area contributed by atoms with Crippen molar-refractivity contribution in [2.45, 2.75) is 60.1 Å². The first-order valence-corrected chi connectivity index (χ1v) is 9.32. The lowest BCUT2D eigenvalue weighted by atomic mass is 9.88. The van der Waals surface area contributed by atoms with Crippen LogP contribution < -0.4 is 0 Å². The molecule has 0 aromatic heterocycles. The SMILES string of the molecule is CC(F)C(F)(F)C(F)(F)C(F)(F)C(F)(F)C(F)(F)C(F)(F)C(F)(F)C(F)(F)[SiH2]Cl. The zero-order valence-electron chi connectivity index (χ0n) is 13.1. The third-order valence-electron chi connectivity index (χ3n) is 3.52. The summed E-state index contributed by atoms with van der Waals surface area (Å²) in [6, 6.07) is 0. The van der Waals surface area contributed by atoms with Crippen LogP contribution in [0.25, 0.3) is 0 Å². The zero-order chi connectivity index (χ0) is 24.3. The summed E-state index contributed by atoms with van der Waals surface area (Å²) in [5.41, 5.74) is -6.35. The average Bonchev–Trinajstić information content (AvgIpc) is 2.53. The first kappa shape index (κ1) is 28.3. The minimum absolute atomic E-state index is 0.644. The van der Waals surface area contributed by atoms with E-state index in [0.717, 1.165) is 0 Å². The van der Waals surface area contributed by atoms with E-state index in [1.54, 1.807) is 0 Å². The average molecular weight is 513 g/mol. The van der Waals surface area contributed by atoms with Crippen LogP contribution in [-0.4, -0.2) is 62.0 Å². The molecule has 0 saturated heterocycles. The molecule has 1 unspecified atom stereocenters. The molecule has 0 aliphatic carbocycles. The first-order chi connectivity index (χ1) is 12.3. The van der Waals surface area contributed by atoms with Gasteiger partial charge in [-0.3, -0.25) is 0 Å². The van der Waals surface area contributed by atoms with Crippen LogP contribution in [0, 0.1) is 0 Å². The van der Waals surface area contributed by atoms with Crippen molar-refractivity contribution in [3.8, 4) is 0 Å². The van der Waals surface area contributed by atoms with Crippen molar-refractivity contribution in [3.63, 3.8) is 0 Å². The van der Waals surface area contributed by atoms with E-state index >= 15 is 0 Å². The van der Waals surface area contributed by atoms with Crippen LogP contribution in [0.1, 0.15) is 6.92 Å². The van der Waals surface area contributed by atoms with Gasteiger partial charge in [0.2, 0.25) is 8.83 Å². The Morgan fingerprint density at radius 3 is 1.00 bits per heavy atom. The quantitative estimate of drug-likeness (QED) is 0.211. The van der Waals surface area contributed by atoms with Crippen molar-refractivity contribution in [3.05, 3.63) is 0 Å². The summed E-state index contributed by atoms with van der Waals surface area (Å²) in [6.07, 6.45) is -4.47. The lowest BCUT2D eigenvalue weighted by Crippen LogP contribution is -2.75. The van der Waals surface area contributed by atoms with E-state index in [2.05, 4.69) is 11.1 Å². The van der Waals surface area contributed by atoms with Gasteiger partial charge in [0.05, 0.1) is 0 Å². The van der Waals surface area contributed by atoms with Crippen molar-refractivity contribution in [2.24, 2.45) is 0 Å². The molecule has 0 fully saturated rings. The van der Waals surface area contributed by atoms with Crippen molar-refractivity contribution in [2.75, 3.05) is 0 Å². The molecule has 0 amide bonds. The predicted molar refractivity (Wildman–Crippen MR) is 64.5 cm³/mol. The molecule has 0 heterocycles. The van der Waals surface area contributed by atoms with E-state index in [1.807, 2.05) is 0 Å². The van der Waals surface area contributed by atoms with Gasteiger partial charge in [0.15, 0.2) is 6.17 Å². The topological polar surface area (TPSA) is 0 Å². The van der Waals surface area contributed by atoms with Crippen LogP contribution in [-0.2, 0) is 0 Å². The standard InChI is InChI=1S/C10H6ClF17Si/c1-2(12)3(13,14)4(15,16)5(17,18)6(19,20)7(21,22)8(23,24)9(25,26)10(27,28)29-11/h2H,29H2,1H3. The second-order valence-electron chi connectivity index (χ2n) is 5.52. The lowest BCUT2D eigenvalue weighted by molar-refractivity contribution is -0.451. The highest BCUT2D eigenvalue weighted by molar-refractivity contribution is 6.95. The zero-order valence-corrected chi connectivity index (χ0v) is 15.3. The van der Waals surface area contributed by atoms with Crippen molar-refractivity contribution < 1.29 is 74.6 Å². The second kappa shape index (κ2) is 7.18. The number of rotatable bonds is 9. The van der Waals surface area contributed by atoms with Gasteiger partial charge in [-0.1, -0.05) is 0 Å². The van der Waals surface area contributed by atoms with Crippen LogP contribution in [0.5, 0.6) is 0 Å². The summed E-state index contributed by atoms with van der Waals surface area (Å²) in [5, 5.41) is 0. The van der Waals surface area contributed by atoms with E-state index in [-0.39, 0.29) is 0 Å². The molecule has 29 heavy (non-hydrogen) atoms. The van der Waals surface area contributed by atoms with Crippen molar-refractivity contribution in [1.29, 1.82) is 0 Å². The number of halogens is 18. The third kappa shape index (κ3) is 3.44. The van der Waals surface area contributed by atoms with Gasteiger partial charge in [-0.2, -0.15) is 72.5 Å². The van der Waals surface area contributed by atoms with Gasteiger partial charge in [-0.15, -0.1) is 0 Å². The molecule has 0 radical (unpaired) electrons. The Morgan fingerprint density at radius 1 is 0.517 bits per heavy atom. The Hall–Kier alpha value is -0.683. The highest BCUT2D eigenvalue weighted by Gasteiger charge is 2.94. The van der Waals surface area contributed by atoms with E-state index in [4.69, 9.17) is 0 Å². The molecular weight excluding hydrogens is 507 g/mol. The van der Waals surface area contributed by atoms with Crippen molar-refractivity contribution in [1.82, 2.24) is 0 Å². The molecule has 1 atom stereocenters. The smallest absolute Gasteiger partial charge is 0.241 e. The summed E-state index contributed by atoms with van der Waals surface area (Å²) in [5.74, 6) is -56.0. The van der Waals surface area contributed by atoms with Gasteiger partial charge >= 0.3 is 47.0 Å². The van der Waals surface area contributed by atoms with Gasteiger partial charge < -0.3 is 0 Å². The van der Waals surface area contributed by atoms with Crippen molar-refractivity contribution >= 4 is 19.9 Å². The van der Waals surface area contributed by atoms with Crippen LogP contribution >= 0.6 is 11.1 Å².